The molecule has 0 aliphatic heterocycles. The van der Waals surface area contributed by atoms with Gasteiger partial charge < -0.3 is 5.32 Å². The Kier molecular flexibility index (Phi) is 7.04. The fourth-order valence-electron chi connectivity index (χ4n) is 2.55. The van der Waals surface area contributed by atoms with E-state index in [9.17, 15) is 0 Å². The standard InChI is InChI=1S/C17H29N/c1-5-6-7-8-12-15(3)18-16(4)17-13-10-9-11-14(17)2/h9-11,13,15-16,18H,5-8,12H2,1-4H3. The maximum atomic E-state index is 3.71. The molecule has 0 heterocycles. The summed E-state index contributed by atoms with van der Waals surface area (Å²) in [5.41, 5.74) is 2.81. The van der Waals surface area contributed by atoms with Gasteiger partial charge in [-0.3, -0.25) is 0 Å². The van der Waals surface area contributed by atoms with Crippen LogP contribution in [0.1, 0.15) is 70.0 Å². The van der Waals surface area contributed by atoms with Crippen LogP contribution >= 0.6 is 0 Å². The zero-order valence-corrected chi connectivity index (χ0v) is 12.5. The molecule has 1 heteroatoms. The lowest BCUT2D eigenvalue weighted by atomic mass is 10.0. The Morgan fingerprint density at radius 2 is 1.78 bits per heavy atom. The Bertz CT molecular complexity index is 332. The largest absolute Gasteiger partial charge is 0.308 e. The number of benzene rings is 1. The lowest BCUT2D eigenvalue weighted by molar-refractivity contribution is 0.437. The molecule has 0 aliphatic carbocycles. The van der Waals surface area contributed by atoms with Crippen LogP contribution in [0, 0.1) is 6.92 Å². The Balaban J connectivity index is 2.35. The molecule has 0 aliphatic rings. The Morgan fingerprint density at radius 3 is 2.44 bits per heavy atom. The van der Waals surface area contributed by atoms with Crippen molar-refractivity contribution in [1.82, 2.24) is 5.32 Å². The number of aryl methyl sites for hydroxylation is 1. The molecule has 0 fully saturated rings. The third kappa shape index (κ3) is 5.22. The average Bonchev–Trinajstić information content (AvgIpc) is 2.35. The van der Waals surface area contributed by atoms with Crippen LogP contribution in [0.4, 0.5) is 0 Å². The van der Waals surface area contributed by atoms with Crippen molar-refractivity contribution in [3.05, 3.63) is 35.4 Å². The van der Waals surface area contributed by atoms with Crippen molar-refractivity contribution in [2.24, 2.45) is 0 Å². The van der Waals surface area contributed by atoms with Gasteiger partial charge in [-0.1, -0.05) is 56.9 Å². The van der Waals surface area contributed by atoms with Crippen LogP contribution in [0.5, 0.6) is 0 Å². The zero-order chi connectivity index (χ0) is 13.4. The van der Waals surface area contributed by atoms with Crippen molar-refractivity contribution in [3.63, 3.8) is 0 Å². The van der Waals surface area contributed by atoms with Gasteiger partial charge in [-0.2, -0.15) is 0 Å². The fraction of sp³-hybridized carbons (Fsp3) is 0.647. The van der Waals surface area contributed by atoms with Gasteiger partial charge in [0, 0.05) is 12.1 Å². The van der Waals surface area contributed by atoms with Crippen molar-refractivity contribution in [2.45, 2.75) is 71.9 Å². The third-order valence-corrected chi connectivity index (χ3v) is 3.68. The summed E-state index contributed by atoms with van der Waals surface area (Å²) in [6, 6.07) is 9.73. The van der Waals surface area contributed by atoms with E-state index in [1.807, 2.05) is 0 Å². The Morgan fingerprint density at radius 1 is 1.06 bits per heavy atom. The molecule has 0 radical (unpaired) electrons. The van der Waals surface area contributed by atoms with Gasteiger partial charge in [-0.05, 0) is 38.3 Å². The number of unbranched alkanes of at least 4 members (excludes halogenated alkanes) is 3. The van der Waals surface area contributed by atoms with Crippen LogP contribution in [0.2, 0.25) is 0 Å². The van der Waals surface area contributed by atoms with Gasteiger partial charge in [0.15, 0.2) is 0 Å². The molecule has 0 bridgehead atoms. The predicted octanol–water partition coefficient (Wildman–Crippen LogP) is 5.00. The van der Waals surface area contributed by atoms with Crippen molar-refractivity contribution in [2.75, 3.05) is 0 Å². The minimum Gasteiger partial charge on any atom is -0.308 e. The molecule has 2 atom stereocenters. The summed E-state index contributed by atoms with van der Waals surface area (Å²) in [4.78, 5) is 0. The van der Waals surface area contributed by atoms with Crippen LogP contribution in [-0.4, -0.2) is 6.04 Å². The minimum atomic E-state index is 0.451. The van der Waals surface area contributed by atoms with E-state index in [2.05, 4.69) is 57.3 Å². The molecule has 0 aromatic heterocycles. The first-order chi connectivity index (χ1) is 8.65. The van der Waals surface area contributed by atoms with Crippen molar-refractivity contribution < 1.29 is 0 Å². The Hall–Kier alpha value is -0.820. The lowest BCUT2D eigenvalue weighted by Gasteiger charge is -2.21. The summed E-state index contributed by atoms with van der Waals surface area (Å²) in [7, 11) is 0. The fourth-order valence-corrected chi connectivity index (χ4v) is 2.55. The van der Waals surface area contributed by atoms with Crippen molar-refractivity contribution in [3.8, 4) is 0 Å². The second-order valence-electron chi connectivity index (χ2n) is 5.50. The highest BCUT2D eigenvalue weighted by Crippen LogP contribution is 2.18. The summed E-state index contributed by atoms with van der Waals surface area (Å²) in [6.07, 6.45) is 6.71. The monoisotopic (exact) mass is 247 g/mol. The molecule has 0 spiro atoms. The van der Waals surface area contributed by atoms with E-state index in [1.54, 1.807) is 0 Å². The second-order valence-corrected chi connectivity index (χ2v) is 5.50. The van der Waals surface area contributed by atoms with Crippen molar-refractivity contribution in [1.29, 1.82) is 0 Å². The van der Waals surface area contributed by atoms with Crippen LogP contribution in [0.15, 0.2) is 24.3 Å². The van der Waals surface area contributed by atoms with E-state index in [-0.39, 0.29) is 0 Å². The topological polar surface area (TPSA) is 12.0 Å². The summed E-state index contributed by atoms with van der Waals surface area (Å²) >= 11 is 0. The summed E-state index contributed by atoms with van der Waals surface area (Å²) in [5, 5.41) is 3.71. The Labute approximate surface area is 113 Å². The van der Waals surface area contributed by atoms with E-state index in [1.165, 1.54) is 43.2 Å². The molecular weight excluding hydrogens is 218 g/mol. The van der Waals surface area contributed by atoms with Crippen LogP contribution in [-0.2, 0) is 0 Å². The van der Waals surface area contributed by atoms with E-state index in [0.29, 0.717) is 12.1 Å². The van der Waals surface area contributed by atoms with E-state index in [4.69, 9.17) is 0 Å². The van der Waals surface area contributed by atoms with Gasteiger partial charge in [-0.25, -0.2) is 0 Å². The number of rotatable bonds is 8. The molecule has 0 saturated carbocycles. The van der Waals surface area contributed by atoms with E-state index in [0.717, 1.165) is 0 Å². The van der Waals surface area contributed by atoms with Crippen LogP contribution < -0.4 is 5.32 Å². The molecular formula is C17H29N. The highest BCUT2D eigenvalue weighted by molar-refractivity contribution is 5.28. The third-order valence-electron chi connectivity index (χ3n) is 3.68. The van der Waals surface area contributed by atoms with E-state index < -0.39 is 0 Å². The first-order valence-corrected chi connectivity index (χ1v) is 7.46. The predicted molar refractivity (Wildman–Crippen MR) is 81.0 cm³/mol. The summed E-state index contributed by atoms with van der Waals surface area (Å²) in [6.45, 7) is 9.03. The second kappa shape index (κ2) is 8.31. The SMILES string of the molecule is CCCCCCC(C)NC(C)c1ccccc1C. The molecule has 1 aromatic rings. The zero-order valence-electron chi connectivity index (χ0n) is 12.5. The molecule has 0 saturated heterocycles. The average molecular weight is 247 g/mol. The van der Waals surface area contributed by atoms with Gasteiger partial charge in [0.1, 0.15) is 0 Å². The molecule has 1 rings (SSSR count). The van der Waals surface area contributed by atoms with E-state index >= 15 is 0 Å². The highest BCUT2D eigenvalue weighted by Gasteiger charge is 2.10. The van der Waals surface area contributed by atoms with Gasteiger partial charge in [-0.15, -0.1) is 0 Å². The highest BCUT2D eigenvalue weighted by atomic mass is 14.9. The van der Waals surface area contributed by atoms with Gasteiger partial charge in [0.05, 0.1) is 0 Å². The quantitative estimate of drug-likeness (QED) is 0.637. The molecule has 1 N–H and O–H groups in total. The minimum absolute atomic E-state index is 0.451. The maximum absolute atomic E-state index is 3.71. The molecule has 102 valence electrons. The summed E-state index contributed by atoms with van der Waals surface area (Å²) in [5.74, 6) is 0. The molecule has 2 unspecified atom stereocenters. The van der Waals surface area contributed by atoms with Gasteiger partial charge in [0.2, 0.25) is 0 Å². The van der Waals surface area contributed by atoms with Crippen LogP contribution in [0.25, 0.3) is 0 Å². The summed E-state index contributed by atoms with van der Waals surface area (Å²) < 4.78 is 0. The maximum Gasteiger partial charge on any atom is 0.0296 e. The molecule has 18 heavy (non-hydrogen) atoms. The van der Waals surface area contributed by atoms with Gasteiger partial charge in [0.25, 0.3) is 0 Å². The molecule has 1 nitrogen and oxygen atoms in total. The number of nitrogens with one attached hydrogen (secondary N) is 1. The van der Waals surface area contributed by atoms with Gasteiger partial charge >= 0.3 is 0 Å². The van der Waals surface area contributed by atoms with Crippen LogP contribution in [0.3, 0.4) is 0 Å². The molecule has 1 aromatic carbocycles. The normalized spacial score (nSPS) is 14.4. The number of hydrogen-bond donors (Lipinski definition) is 1. The molecule has 0 amide bonds. The lowest BCUT2D eigenvalue weighted by Crippen LogP contribution is -2.29. The number of hydrogen-bond acceptors (Lipinski definition) is 1. The van der Waals surface area contributed by atoms with Crippen molar-refractivity contribution >= 4 is 0 Å². The smallest absolute Gasteiger partial charge is 0.0296 e. The first kappa shape index (κ1) is 15.2. The first-order valence-electron chi connectivity index (χ1n) is 7.46.